The van der Waals surface area contributed by atoms with Gasteiger partial charge in [-0.1, -0.05) is 140 Å². The monoisotopic (exact) mass is 726 g/mol. The molecule has 5 aromatic carbocycles. The van der Waals surface area contributed by atoms with Gasteiger partial charge in [0, 0.05) is 28.5 Å². The summed E-state index contributed by atoms with van der Waals surface area (Å²) < 4.78 is 0. The van der Waals surface area contributed by atoms with Gasteiger partial charge in [0.15, 0.2) is 0 Å². The van der Waals surface area contributed by atoms with Gasteiger partial charge in [-0.25, -0.2) is 0 Å². The molecule has 5 aliphatic carbocycles. The summed E-state index contributed by atoms with van der Waals surface area (Å²) in [5.41, 5.74) is 14.0. The second kappa shape index (κ2) is 15.0. The molecule has 276 valence electrons. The summed E-state index contributed by atoms with van der Waals surface area (Å²) in [5, 5.41) is 5.15. The highest BCUT2D eigenvalue weighted by atomic mass is 15.2. The minimum Gasteiger partial charge on any atom is -0.338 e. The SMILES string of the molecule is CC(C1=CC=C(N(c2ccc3ccccc3c2)C2C=CC3=C(C=CCC3)C2)CC1)C1C=CC(N(C2=Cc3ccccc3CC2)c2ccc3ccccc3c2)=CC1. The number of allylic oxidation sites excluding steroid dienone is 12. The van der Waals surface area contributed by atoms with Crippen LogP contribution in [0.4, 0.5) is 11.4 Å². The van der Waals surface area contributed by atoms with Crippen LogP contribution in [0.1, 0.15) is 63.0 Å². The van der Waals surface area contributed by atoms with Crippen LogP contribution >= 0.6 is 0 Å². The van der Waals surface area contributed by atoms with Crippen LogP contribution in [0.5, 0.6) is 0 Å². The first-order valence-corrected chi connectivity index (χ1v) is 20.8. The van der Waals surface area contributed by atoms with Gasteiger partial charge in [-0.2, -0.15) is 0 Å². The molecule has 3 atom stereocenters. The average molecular weight is 727 g/mol. The summed E-state index contributed by atoms with van der Waals surface area (Å²) in [4.78, 5) is 5.17. The van der Waals surface area contributed by atoms with Crippen LogP contribution < -0.4 is 9.80 Å². The fraction of sp³-hybridized carbons (Fsp3) is 0.222. The Morgan fingerprint density at radius 2 is 1.34 bits per heavy atom. The highest BCUT2D eigenvalue weighted by Crippen LogP contribution is 2.41. The maximum Gasteiger partial charge on any atom is 0.0562 e. The van der Waals surface area contributed by atoms with Crippen molar-refractivity contribution < 1.29 is 0 Å². The van der Waals surface area contributed by atoms with Gasteiger partial charge in [0.2, 0.25) is 0 Å². The van der Waals surface area contributed by atoms with Gasteiger partial charge in [-0.3, -0.25) is 0 Å². The summed E-state index contributed by atoms with van der Waals surface area (Å²) in [6.45, 7) is 2.45. The van der Waals surface area contributed by atoms with Crippen LogP contribution in [-0.4, -0.2) is 6.04 Å². The van der Waals surface area contributed by atoms with Crippen LogP contribution in [0, 0.1) is 11.8 Å². The third-order valence-electron chi connectivity index (χ3n) is 13.0. The van der Waals surface area contributed by atoms with Crippen LogP contribution in [0.3, 0.4) is 0 Å². The molecule has 0 saturated carbocycles. The summed E-state index contributed by atoms with van der Waals surface area (Å²) in [6.07, 6.45) is 33.0. The number of aryl methyl sites for hydroxylation is 1. The Hall–Kier alpha value is -5.86. The third kappa shape index (κ3) is 6.72. The van der Waals surface area contributed by atoms with Gasteiger partial charge in [0.1, 0.15) is 0 Å². The molecule has 0 spiro atoms. The quantitative estimate of drug-likeness (QED) is 0.157. The van der Waals surface area contributed by atoms with Crippen LogP contribution in [-0.2, 0) is 6.42 Å². The van der Waals surface area contributed by atoms with Crippen molar-refractivity contribution in [2.75, 3.05) is 9.80 Å². The number of benzene rings is 5. The standard InChI is InChI=1S/C54H50N2/c1-38(39-18-26-49(27-19-39)55(51-30-22-41-10-2-6-14-45(41)34-51)52-31-23-42-11-3-7-15-46(42)35-52)40-20-28-50(29-21-40)56(53-32-24-43-12-4-8-16-47(43)36-53)54-33-25-44-13-5-9-17-48(44)37-54/h2-4,6-12,14-18,20,22,24-28,30,32-36,38-39,54H,5,13,19,21,23,29,31,37H2,1H3. The molecule has 0 amide bonds. The van der Waals surface area contributed by atoms with E-state index in [0.29, 0.717) is 17.9 Å². The Labute approximate surface area is 332 Å². The number of nitrogens with zero attached hydrogens (tertiary/aromatic N) is 2. The van der Waals surface area contributed by atoms with Crippen molar-refractivity contribution in [3.05, 3.63) is 209 Å². The van der Waals surface area contributed by atoms with Gasteiger partial charge < -0.3 is 9.80 Å². The number of hydrogen-bond acceptors (Lipinski definition) is 2. The van der Waals surface area contributed by atoms with Crippen molar-refractivity contribution in [3.63, 3.8) is 0 Å². The highest BCUT2D eigenvalue weighted by Gasteiger charge is 2.29. The third-order valence-corrected chi connectivity index (χ3v) is 13.0. The van der Waals surface area contributed by atoms with Crippen molar-refractivity contribution in [2.45, 2.75) is 64.3 Å². The lowest BCUT2D eigenvalue weighted by atomic mass is 9.79. The second-order valence-corrected chi connectivity index (χ2v) is 16.3. The van der Waals surface area contributed by atoms with Crippen molar-refractivity contribution in [2.24, 2.45) is 11.8 Å². The normalized spacial score (nSPS) is 20.8. The maximum absolute atomic E-state index is 2.64. The van der Waals surface area contributed by atoms with Gasteiger partial charge in [0.05, 0.1) is 6.04 Å². The highest BCUT2D eigenvalue weighted by molar-refractivity contribution is 5.88. The van der Waals surface area contributed by atoms with E-state index in [9.17, 15) is 0 Å². The Balaban J connectivity index is 0.918. The van der Waals surface area contributed by atoms with E-state index in [2.05, 4.69) is 187 Å². The summed E-state index contributed by atoms with van der Waals surface area (Å²) in [7, 11) is 0. The van der Waals surface area contributed by atoms with Gasteiger partial charge >= 0.3 is 0 Å². The molecule has 0 aliphatic heterocycles. The molecule has 0 heterocycles. The minimum atomic E-state index is 0.305. The number of fused-ring (bicyclic) bond motifs is 3. The van der Waals surface area contributed by atoms with E-state index in [-0.39, 0.29) is 0 Å². The predicted octanol–water partition coefficient (Wildman–Crippen LogP) is 14.0. The first-order valence-electron chi connectivity index (χ1n) is 20.8. The van der Waals surface area contributed by atoms with Gasteiger partial charge in [0.25, 0.3) is 0 Å². The Bertz CT molecular complexity index is 2580. The van der Waals surface area contributed by atoms with Crippen LogP contribution in [0.2, 0.25) is 0 Å². The van der Waals surface area contributed by atoms with E-state index in [4.69, 9.17) is 0 Å². The number of anilines is 2. The largest absolute Gasteiger partial charge is 0.338 e. The lowest BCUT2D eigenvalue weighted by Gasteiger charge is -2.38. The maximum atomic E-state index is 2.64. The molecule has 10 rings (SSSR count). The van der Waals surface area contributed by atoms with E-state index in [0.717, 1.165) is 51.4 Å². The Kier molecular flexibility index (Phi) is 9.27. The van der Waals surface area contributed by atoms with Crippen LogP contribution in [0.25, 0.3) is 27.6 Å². The van der Waals surface area contributed by atoms with Gasteiger partial charge in [-0.05, 0) is 150 Å². The molecule has 56 heavy (non-hydrogen) atoms. The molecule has 5 aliphatic rings. The Morgan fingerprint density at radius 3 is 2.11 bits per heavy atom. The lowest BCUT2D eigenvalue weighted by molar-refractivity contribution is 0.471. The molecule has 3 unspecified atom stereocenters. The molecule has 0 fully saturated rings. The zero-order chi connectivity index (χ0) is 37.4. The van der Waals surface area contributed by atoms with E-state index < -0.39 is 0 Å². The molecule has 0 saturated heterocycles. The smallest absolute Gasteiger partial charge is 0.0562 e. The van der Waals surface area contributed by atoms with E-state index in [1.807, 2.05) is 0 Å². The van der Waals surface area contributed by atoms with Crippen LogP contribution in [0.15, 0.2) is 198 Å². The fourth-order valence-corrected chi connectivity index (χ4v) is 9.77. The number of rotatable bonds is 8. The molecule has 2 nitrogen and oxygen atoms in total. The van der Waals surface area contributed by atoms with E-state index in [1.165, 1.54) is 72.3 Å². The van der Waals surface area contributed by atoms with E-state index >= 15 is 0 Å². The molecule has 0 bridgehead atoms. The zero-order valence-corrected chi connectivity index (χ0v) is 32.4. The fourth-order valence-electron chi connectivity index (χ4n) is 9.77. The average Bonchev–Trinajstić information content (AvgIpc) is 3.26. The summed E-state index contributed by atoms with van der Waals surface area (Å²) >= 11 is 0. The van der Waals surface area contributed by atoms with Crippen molar-refractivity contribution in [1.82, 2.24) is 0 Å². The first kappa shape index (κ1) is 34.6. The molecule has 0 aromatic heterocycles. The first-order chi connectivity index (χ1) is 27.6. The molecule has 5 aromatic rings. The van der Waals surface area contributed by atoms with E-state index in [1.54, 1.807) is 5.57 Å². The molecule has 0 N–H and O–H groups in total. The minimum absolute atomic E-state index is 0.305. The topological polar surface area (TPSA) is 6.48 Å². The lowest BCUT2D eigenvalue weighted by Crippen LogP contribution is -2.35. The zero-order valence-electron chi connectivity index (χ0n) is 32.4. The number of hydrogen-bond donors (Lipinski definition) is 0. The van der Waals surface area contributed by atoms with Crippen molar-refractivity contribution in [1.29, 1.82) is 0 Å². The molecule has 2 heteroatoms. The molecule has 0 radical (unpaired) electrons. The van der Waals surface area contributed by atoms with Gasteiger partial charge in [-0.15, -0.1) is 0 Å². The summed E-state index contributed by atoms with van der Waals surface area (Å²) in [6, 6.07) is 40.6. The molecular formula is C54H50N2. The van der Waals surface area contributed by atoms with Crippen molar-refractivity contribution >= 4 is 39.0 Å². The summed E-state index contributed by atoms with van der Waals surface area (Å²) in [5.74, 6) is 0.946. The predicted molar refractivity (Wildman–Crippen MR) is 238 cm³/mol. The second-order valence-electron chi connectivity index (χ2n) is 16.3. The van der Waals surface area contributed by atoms with Crippen molar-refractivity contribution in [3.8, 4) is 0 Å². The molecular weight excluding hydrogens is 677 g/mol. The Morgan fingerprint density at radius 1 is 0.607 bits per heavy atom.